The molecule has 1 heterocycles. The topological polar surface area (TPSA) is 85.1 Å². The molecule has 1 unspecified atom stereocenters. The number of aryl methyl sites for hydroxylation is 1. The molecule has 0 spiro atoms. The maximum absolute atomic E-state index is 13.0. The lowest BCUT2D eigenvalue weighted by molar-refractivity contribution is 0.354. The van der Waals surface area contributed by atoms with Gasteiger partial charge in [0.2, 0.25) is 21.7 Å². The number of hydrogen-bond donors (Lipinski definition) is 1. The fourth-order valence-corrected chi connectivity index (χ4v) is 4.09. The van der Waals surface area contributed by atoms with Gasteiger partial charge >= 0.3 is 0 Å². The van der Waals surface area contributed by atoms with Crippen molar-refractivity contribution in [3.05, 3.63) is 64.8 Å². The van der Waals surface area contributed by atoms with Crippen molar-refractivity contribution >= 4 is 21.6 Å². The van der Waals surface area contributed by atoms with Crippen molar-refractivity contribution in [2.75, 3.05) is 0 Å². The van der Waals surface area contributed by atoms with Crippen LogP contribution in [0.5, 0.6) is 0 Å². The Balaban J connectivity index is 1.81. The Kier molecular flexibility index (Phi) is 5.08. The van der Waals surface area contributed by atoms with E-state index in [4.69, 9.17) is 16.1 Å². The molecule has 1 aromatic heterocycles. The lowest BCUT2D eigenvalue weighted by Gasteiger charge is -2.12. The monoisotopic (exact) mass is 395 g/mol. The predicted molar refractivity (Wildman–Crippen MR) is 94.6 cm³/mol. The van der Waals surface area contributed by atoms with Crippen LogP contribution < -0.4 is 4.72 Å². The number of aromatic nitrogens is 2. The quantitative estimate of drug-likeness (QED) is 0.708. The molecule has 0 aliphatic rings. The lowest BCUT2D eigenvalue weighted by atomic mass is 10.2. The van der Waals surface area contributed by atoms with E-state index in [1.54, 1.807) is 19.1 Å². The molecule has 2 aromatic carbocycles. The minimum atomic E-state index is -3.88. The number of hydrogen-bond acceptors (Lipinski definition) is 5. The van der Waals surface area contributed by atoms with Gasteiger partial charge in [0.15, 0.2) is 0 Å². The van der Waals surface area contributed by atoms with E-state index >= 15 is 0 Å². The molecular formula is C17H15ClFN3O3S. The van der Waals surface area contributed by atoms with Crippen LogP contribution in [-0.4, -0.2) is 18.6 Å². The largest absolute Gasteiger partial charge is 0.337 e. The summed E-state index contributed by atoms with van der Waals surface area (Å²) < 4.78 is 45.6. The molecule has 1 N–H and O–H groups in total. The maximum Gasteiger partial charge on any atom is 0.244 e. The molecule has 0 amide bonds. The molecule has 0 fully saturated rings. The number of nitrogens with one attached hydrogen (secondary N) is 1. The number of benzene rings is 2. The van der Waals surface area contributed by atoms with Crippen LogP contribution in [0.25, 0.3) is 11.4 Å². The van der Waals surface area contributed by atoms with E-state index in [1.807, 2.05) is 6.92 Å². The zero-order valence-corrected chi connectivity index (χ0v) is 15.5. The van der Waals surface area contributed by atoms with Gasteiger partial charge < -0.3 is 4.52 Å². The highest BCUT2D eigenvalue weighted by Gasteiger charge is 2.24. The van der Waals surface area contributed by atoms with E-state index in [-0.39, 0.29) is 27.5 Å². The first-order valence-corrected chi connectivity index (χ1v) is 9.50. The first kappa shape index (κ1) is 18.5. The van der Waals surface area contributed by atoms with E-state index < -0.39 is 16.1 Å². The summed E-state index contributed by atoms with van der Waals surface area (Å²) in [6.45, 7) is 3.38. The molecule has 6 nitrogen and oxygen atoms in total. The minimum absolute atomic E-state index is 0.0325. The normalized spacial score (nSPS) is 12.9. The van der Waals surface area contributed by atoms with Crippen molar-refractivity contribution in [3.63, 3.8) is 0 Å². The second-order valence-electron chi connectivity index (χ2n) is 5.74. The Morgan fingerprint density at radius 3 is 2.54 bits per heavy atom. The summed E-state index contributed by atoms with van der Waals surface area (Å²) in [5.41, 5.74) is 1.40. The molecule has 0 saturated heterocycles. The van der Waals surface area contributed by atoms with Crippen LogP contribution in [0.4, 0.5) is 4.39 Å². The summed E-state index contributed by atoms with van der Waals surface area (Å²) in [4.78, 5) is 4.13. The summed E-state index contributed by atoms with van der Waals surface area (Å²) in [5, 5.41) is 3.93. The average Bonchev–Trinajstić information content (AvgIpc) is 3.05. The van der Waals surface area contributed by atoms with Crippen molar-refractivity contribution in [1.82, 2.24) is 14.9 Å². The fourth-order valence-electron chi connectivity index (χ4n) is 2.30. The summed E-state index contributed by atoms with van der Waals surface area (Å²) in [6.07, 6.45) is 0. The predicted octanol–water partition coefficient (Wildman–Crippen LogP) is 3.88. The van der Waals surface area contributed by atoms with Crippen LogP contribution in [0, 0.1) is 12.7 Å². The van der Waals surface area contributed by atoms with Gasteiger partial charge in [-0.25, -0.2) is 12.8 Å². The molecule has 3 rings (SSSR count). The molecule has 9 heteroatoms. The van der Waals surface area contributed by atoms with Gasteiger partial charge in [-0.05, 0) is 55.8 Å². The Morgan fingerprint density at radius 2 is 1.88 bits per heavy atom. The Bertz CT molecular complexity index is 1040. The molecule has 0 bridgehead atoms. The zero-order valence-electron chi connectivity index (χ0n) is 13.9. The van der Waals surface area contributed by atoms with Crippen LogP contribution in [0.2, 0.25) is 5.02 Å². The second kappa shape index (κ2) is 7.14. The molecule has 136 valence electrons. The van der Waals surface area contributed by atoms with E-state index in [9.17, 15) is 12.8 Å². The van der Waals surface area contributed by atoms with Crippen LogP contribution in [0.15, 0.2) is 51.9 Å². The Labute approximate surface area is 155 Å². The van der Waals surface area contributed by atoms with Crippen molar-refractivity contribution in [3.8, 4) is 11.4 Å². The highest BCUT2D eigenvalue weighted by Crippen LogP contribution is 2.25. The summed E-state index contributed by atoms with van der Waals surface area (Å²) in [6, 6.07) is 9.44. The Morgan fingerprint density at radius 1 is 1.19 bits per heavy atom. The molecule has 26 heavy (non-hydrogen) atoms. The molecule has 0 aliphatic carbocycles. The lowest BCUT2D eigenvalue weighted by Crippen LogP contribution is -2.27. The fraction of sp³-hybridized carbons (Fsp3) is 0.176. The average molecular weight is 396 g/mol. The van der Waals surface area contributed by atoms with Gasteiger partial charge in [0.25, 0.3) is 0 Å². The third-order valence-electron chi connectivity index (χ3n) is 3.62. The first-order valence-electron chi connectivity index (χ1n) is 7.64. The van der Waals surface area contributed by atoms with Crippen LogP contribution in [-0.2, 0) is 10.0 Å². The van der Waals surface area contributed by atoms with E-state index in [0.29, 0.717) is 5.56 Å². The molecular weight excluding hydrogens is 381 g/mol. The third kappa shape index (κ3) is 3.92. The van der Waals surface area contributed by atoms with E-state index in [1.165, 1.54) is 30.3 Å². The molecule has 0 saturated carbocycles. The standard InChI is InChI=1S/C17H15ClFN3O3S/c1-10-3-8-15(14(18)9-10)26(23,24)22-11(2)17-20-16(21-25-17)12-4-6-13(19)7-5-12/h3-9,11,22H,1-2H3. The van der Waals surface area contributed by atoms with Crippen LogP contribution in [0.3, 0.4) is 0 Å². The van der Waals surface area contributed by atoms with Gasteiger partial charge in [-0.2, -0.15) is 9.71 Å². The molecule has 1 atom stereocenters. The first-order chi connectivity index (χ1) is 12.3. The second-order valence-corrected chi connectivity index (χ2v) is 7.83. The van der Waals surface area contributed by atoms with Crippen molar-refractivity contribution < 1.29 is 17.3 Å². The smallest absolute Gasteiger partial charge is 0.244 e. The number of nitrogens with zero attached hydrogens (tertiary/aromatic N) is 2. The van der Waals surface area contributed by atoms with Crippen molar-refractivity contribution in [1.29, 1.82) is 0 Å². The highest BCUT2D eigenvalue weighted by molar-refractivity contribution is 7.89. The van der Waals surface area contributed by atoms with Crippen LogP contribution >= 0.6 is 11.6 Å². The Hall–Kier alpha value is -2.29. The van der Waals surface area contributed by atoms with Crippen LogP contribution in [0.1, 0.15) is 24.4 Å². The van der Waals surface area contributed by atoms with Gasteiger partial charge in [-0.3, -0.25) is 0 Å². The number of halogens is 2. The van der Waals surface area contributed by atoms with Gasteiger partial charge in [-0.15, -0.1) is 0 Å². The van der Waals surface area contributed by atoms with Crippen molar-refractivity contribution in [2.24, 2.45) is 0 Å². The molecule has 3 aromatic rings. The number of sulfonamides is 1. The molecule has 0 aliphatic heterocycles. The van der Waals surface area contributed by atoms with Gasteiger partial charge in [0.1, 0.15) is 10.7 Å². The third-order valence-corrected chi connectivity index (χ3v) is 5.65. The maximum atomic E-state index is 13.0. The zero-order chi connectivity index (χ0) is 18.9. The number of rotatable bonds is 5. The molecule has 0 radical (unpaired) electrons. The minimum Gasteiger partial charge on any atom is -0.337 e. The summed E-state index contributed by atoms with van der Waals surface area (Å²) >= 11 is 6.04. The van der Waals surface area contributed by atoms with Crippen molar-refractivity contribution in [2.45, 2.75) is 24.8 Å². The van der Waals surface area contributed by atoms with Gasteiger partial charge in [-0.1, -0.05) is 22.8 Å². The van der Waals surface area contributed by atoms with Gasteiger partial charge in [0, 0.05) is 5.56 Å². The summed E-state index contributed by atoms with van der Waals surface area (Å²) in [5.74, 6) is -0.0656. The SMILES string of the molecule is Cc1ccc(S(=O)(=O)NC(C)c2nc(-c3ccc(F)cc3)no2)c(Cl)c1. The highest BCUT2D eigenvalue weighted by atomic mass is 35.5. The summed E-state index contributed by atoms with van der Waals surface area (Å²) in [7, 11) is -3.88. The van der Waals surface area contributed by atoms with Gasteiger partial charge in [0.05, 0.1) is 11.1 Å². The van der Waals surface area contributed by atoms with E-state index in [0.717, 1.165) is 5.56 Å². The van der Waals surface area contributed by atoms with E-state index in [2.05, 4.69) is 14.9 Å².